The number of ketones is 2. The van der Waals surface area contributed by atoms with Crippen LogP contribution in [0.1, 0.15) is 40.0 Å². The lowest BCUT2D eigenvalue weighted by Gasteiger charge is -2.32. The second kappa shape index (κ2) is 4.25. The van der Waals surface area contributed by atoms with Crippen LogP contribution in [0.25, 0.3) is 0 Å². The van der Waals surface area contributed by atoms with E-state index in [0.717, 1.165) is 5.71 Å². The van der Waals surface area contributed by atoms with Crippen LogP contribution in [0.3, 0.4) is 0 Å². The van der Waals surface area contributed by atoms with Crippen molar-refractivity contribution in [3.05, 3.63) is 0 Å². The summed E-state index contributed by atoms with van der Waals surface area (Å²) in [6.07, 6.45) is 1.66. The first-order chi connectivity index (χ1) is 6.91. The zero-order valence-electron chi connectivity index (χ0n) is 9.96. The molecular formula is C12H19NO2. The normalized spacial score (nSPS) is 23.3. The SMILES string of the molecule is CCC(=NC)C1C(=O)CC(C)(C)CC1=O. The van der Waals surface area contributed by atoms with Gasteiger partial charge in [0, 0.05) is 25.6 Å². The van der Waals surface area contributed by atoms with Crippen molar-refractivity contribution in [1.82, 2.24) is 0 Å². The van der Waals surface area contributed by atoms with Crippen LogP contribution in [0, 0.1) is 11.3 Å². The van der Waals surface area contributed by atoms with Crippen molar-refractivity contribution >= 4 is 17.3 Å². The molecule has 1 rings (SSSR count). The van der Waals surface area contributed by atoms with Crippen LogP contribution < -0.4 is 0 Å². The van der Waals surface area contributed by atoms with Gasteiger partial charge in [0.15, 0.2) is 0 Å². The van der Waals surface area contributed by atoms with Crippen molar-refractivity contribution in [1.29, 1.82) is 0 Å². The molecular weight excluding hydrogens is 190 g/mol. The van der Waals surface area contributed by atoms with Crippen LogP contribution in [-0.4, -0.2) is 24.3 Å². The van der Waals surface area contributed by atoms with Crippen molar-refractivity contribution in [3.63, 3.8) is 0 Å². The van der Waals surface area contributed by atoms with Crippen molar-refractivity contribution in [3.8, 4) is 0 Å². The van der Waals surface area contributed by atoms with E-state index in [4.69, 9.17) is 0 Å². The van der Waals surface area contributed by atoms with Crippen molar-refractivity contribution in [2.75, 3.05) is 7.05 Å². The van der Waals surface area contributed by atoms with Gasteiger partial charge in [0.2, 0.25) is 0 Å². The van der Waals surface area contributed by atoms with Crippen LogP contribution in [-0.2, 0) is 9.59 Å². The molecule has 0 spiro atoms. The second-order valence-electron chi connectivity index (χ2n) is 4.95. The molecule has 0 amide bonds. The van der Waals surface area contributed by atoms with Crippen LogP contribution in [0.15, 0.2) is 4.99 Å². The average molecular weight is 209 g/mol. The van der Waals surface area contributed by atoms with Crippen molar-refractivity contribution in [2.24, 2.45) is 16.3 Å². The molecule has 0 bridgehead atoms. The van der Waals surface area contributed by atoms with E-state index in [9.17, 15) is 9.59 Å². The minimum absolute atomic E-state index is 0.0405. The summed E-state index contributed by atoms with van der Waals surface area (Å²) in [6.45, 7) is 5.87. The van der Waals surface area contributed by atoms with Gasteiger partial charge >= 0.3 is 0 Å². The highest BCUT2D eigenvalue weighted by atomic mass is 16.2. The first-order valence-corrected chi connectivity index (χ1v) is 5.42. The summed E-state index contributed by atoms with van der Waals surface area (Å²) < 4.78 is 0. The molecule has 3 heteroatoms. The highest BCUT2D eigenvalue weighted by Crippen LogP contribution is 2.34. The molecule has 0 aromatic carbocycles. The third-order valence-corrected chi connectivity index (χ3v) is 2.93. The Labute approximate surface area is 91.0 Å². The topological polar surface area (TPSA) is 46.5 Å². The zero-order chi connectivity index (χ0) is 11.6. The molecule has 0 saturated heterocycles. The Kier molecular flexibility index (Phi) is 3.42. The Morgan fingerprint density at radius 3 is 2.13 bits per heavy atom. The predicted molar refractivity (Wildman–Crippen MR) is 60.2 cm³/mol. The monoisotopic (exact) mass is 209 g/mol. The Hall–Kier alpha value is -0.990. The smallest absolute Gasteiger partial charge is 0.149 e. The highest BCUT2D eigenvalue weighted by molar-refractivity contribution is 6.22. The molecule has 0 unspecified atom stereocenters. The molecule has 0 atom stereocenters. The van der Waals surface area contributed by atoms with Crippen LogP contribution in [0.4, 0.5) is 0 Å². The maximum atomic E-state index is 11.9. The summed E-state index contributed by atoms with van der Waals surface area (Å²) in [6, 6.07) is 0. The average Bonchev–Trinajstić information content (AvgIpc) is 2.09. The van der Waals surface area contributed by atoms with Crippen LogP contribution in [0.2, 0.25) is 0 Å². The van der Waals surface area contributed by atoms with Crippen LogP contribution >= 0.6 is 0 Å². The van der Waals surface area contributed by atoms with E-state index >= 15 is 0 Å². The molecule has 0 aliphatic heterocycles. The van der Waals surface area contributed by atoms with Gasteiger partial charge in [0.25, 0.3) is 0 Å². The number of carbonyl (C=O) groups excluding carboxylic acids is 2. The van der Waals surface area contributed by atoms with Crippen molar-refractivity contribution in [2.45, 2.75) is 40.0 Å². The first kappa shape index (κ1) is 12.1. The Balaban J connectivity index is 2.94. The highest BCUT2D eigenvalue weighted by Gasteiger charge is 2.41. The molecule has 15 heavy (non-hydrogen) atoms. The molecule has 84 valence electrons. The van der Waals surface area contributed by atoms with E-state index < -0.39 is 5.92 Å². The molecule has 0 radical (unpaired) electrons. The first-order valence-electron chi connectivity index (χ1n) is 5.42. The lowest BCUT2D eigenvalue weighted by atomic mass is 9.70. The number of nitrogens with zero attached hydrogens (tertiary/aromatic N) is 1. The van der Waals surface area contributed by atoms with E-state index in [2.05, 4.69) is 4.99 Å². The van der Waals surface area contributed by atoms with Crippen molar-refractivity contribution < 1.29 is 9.59 Å². The predicted octanol–water partition coefficient (Wildman–Crippen LogP) is 2.04. The van der Waals surface area contributed by atoms with Gasteiger partial charge in [0.1, 0.15) is 17.5 Å². The molecule has 1 aliphatic carbocycles. The van der Waals surface area contributed by atoms with Gasteiger partial charge < -0.3 is 0 Å². The Morgan fingerprint density at radius 1 is 1.33 bits per heavy atom. The largest absolute Gasteiger partial charge is 0.298 e. The number of aliphatic imine (C=N–C) groups is 1. The van der Waals surface area contributed by atoms with E-state index in [1.165, 1.54) is 0 Å². The number of hydrogen-bond acceptors (Lipinski definition) is 3. The Bertz CT molecular complexity index is 296. The van der Waals surface area contributed by atoms with Gasteiger partial charge in [-0.05, 0) is 11.8 Å². The molecule has 1 aliphatic rings. The summed E-state index contributed by atoms with van der Waals surface area (Å²) in [4.78, 5) is 27.8. The van der Waals surface area contributed by atoms with Gasteiger partial charge in [-0.25, -0.2) is 0 Å². The summed E-state index contributed by atoms with van der Waals surface area (Å²) in [5.41, 5.74) is 0.567. The molecule has 0 N–H and O–H groups in total. The molecule has 0 heterocycles. The number of carbonyl (C=O) groups is 2. The third-order valence-electron chi connectivity index (χ3n) is 2.93. The van der Waals surface area contributed by atoms with Gasteiger partial charge in [0.05, 0.1) is 0 Å². The quantitative estimate of drug-likeness (QED) is 0.516. The molecule has 3 nitrogen and oxygen atoms in total. The number of hydrogen-bond donors (Lipinski definition) is 0. The fraction of sp³-hybridized carbons (Fsp3) is 0.750. The fourth-order valence-corrected chi connectivity index (χ4v) is 2.25. The van der Waals surface area contributed by atoms with E-state index in [1.807, 2.05) is 20.8 Å². The lowest BCUT2D eigenvalue weighted by Crippen LogP contribution is -2.41. The van der Waals surface area contributed by atoms with E-state index in [0.29, 0.717) is 19.3 Å². The standard InChI is InChI=1S/C12H19NO2/c1-5-8(13-4)11-9(14)6-12(2,3)7-10(11)15/h11H,5-7H2,1-4H3. The van der Waals surface area contributed by atoms with Gasteiger partial charge in [-0.2, -0.15) is 0 Å². The van der Waals surface area contributed by atoms with Gasteiger partial charge in [-0.1, -0.05) is 20.8 Å². The second-order valence-corrected chi connectivity index (χ2v) is 4.95. The fourth-order valence-electron chi connectivity index (χ4n) is 2.25. The summed E-state index contributed by atoms with van der Waals surface area (Å²) >= 11 is 0. The molecule has 0 aromatic heterocycles. The third kappa shape index (κ3) is 2.52. The summed E-state index contributed by atoms with van der Waals surface area (Å²) in [5, 5.41) is 0. The molecule has 1 saturated carbocycles. The minimum Gasteiger partial charge on any atom is -0.298 e. The van der Waals surface area contributed by atoms with E-state index in [1.54, 1.807) is 7.05 Å². The molecule has 0 aromatic rings. The summed E-state index contributed by atoms with van der Waals surface area (Å²) in [7, 11) is 1.65. The zero-order valence-corrected chi connectivity index (χ0v) is 9.96. The maximum Gasteiger partial charge on any atom is 0.149 e. The van der Waals surface area contributed by atoms with Gasteiger partial charge in [-0.3, -0.25) is 14.6 Å². The molecule has 1 fully saturated rings. The number of rotatable bonds is 2. The minimum atomic E-state index is -0.548. The van der Waals surface area contributed by atoms with E-state index in [-0.39, 0.29) is 17.0 Å². The lowest BCUT2D eigenvalue weighted by molar-refractivity contribution is -0.136. The number of Topliss-reactive ketones (excluding diaryl/α,β-unsaturated/α-hetero) is 2. The summed E-state index contributed by atoms with van der Waals surface area (Å²) in [5.74, 6) is -0.467. The maximum absolute atomic E-state index is 11.9. The van der Waals surface area contributed by atoms with Gasteiger partial charge in [-0.15, -0.1) is 0 Å². The van der Waals surface area contributed by atoms with Crippen LogP contribution in [0.5, 0.6) is 0 Å². The Morgan fingerprint density at radius 2 is 1.80 bits per heavy atom.